The molecule has 1 fully saturated rings. The largest absolute Gasteiger partial charge is 0.417 e. The van der Waals surface area contributed by atoms with Gasteiger partial charge >= 0.3 is 6.18 Å². The molecule has 1 unspecified atom stereocenters. The summed E-state index contributed by atoms with van der Waals surface area (Å²) in [6.07, 6.45) is -4.48. The van der Waals surface area contributed by atoms with Gasteiger partial charge in [-0.1, -0.05) is 12.2 Å². The molecule has 0 amide bonds. The van der Waals surface area contributed by atoms with E-state index < -0.39 is 11.7 Å². The molecule has 2 rings (SSSR count). The maximum absolute atomic E-state index is 13.1. The molecule has 1 heterocycles. The van der Waals surface area contributed by atoms with Crippen LogP contribution >= 0.6 is 12.2 Å². The van der Waals surface area contributed by atoms with Crippen molar-refractivity contribution >= 4 is 22.9 Å². The molecule has 3 nitrogen and oxygen atoms in total. The molecule has 1 saturated heterocycles. The van der Waals surface area contributed by atoms with Crippen LogP contribution in [0.2, 0.25) is 0 Å². The van der Waals surface area contributed by atoms with Crippen molar-refractivity contribution in [1.82, 2.24) is 0 Å². The number of nitrogens with two attached hydrogens (primary N) is 1. The molecule has 0 aromatic heterocycles. The molecule has 0 radical (unpaired) electrons. The molecular formula is C13H15F3N2OS. The van der Waals surface area contributed by atoms with Crippen LogP contribution in [0.15, 0.2) is 18.2 Å². The van der Waals surface area contributed by atoms with Crippen molar-refractivity contribution in [3.05, 3.63) is 29.3 Å². The molecule has 0 aliphatic carbocycles. The monoisotopic (exact) mass is 304 g/mol. The number of morpholine rings is 1. The van der Waals surface area contributed by atoms with Gasteiger partial charge in [-0.15, -0.1) is 0 Å². The van der Waals surface area contributed by atoms with Gasteiger partial charge in [0.15, 0.2) is 0 Å². The van der Waals surface area contributed by atoms with E-state index in [4.69, 9.17) is 10.5 Å². The van der Waals surface area contributed by atoms with Gasteiger partial charge in [0.1, 0.15) is 4.99 Å². The number of alkyl halides is 3. The topological polar surface area (TPSA) is 38.5 Å². The van der Waals surface area contributed by atoms with Crippen LogP contribution in [0.25, 0.3) is 0 Å². The zero-order valence-corrected chi connectivity index (χ0v) is 11.7. The summed E-state index contributed by atoms with van der Waals surface area (Å²) in [5.74, 6) is 0. The molecule has 110 valence electrons. The third-order valence-electron chi connectivity index (χ3n) is 3.27. The van der Waals surface area contributed by atoms with Gasteiger partial charge in [-0.25, -0.2) is 0 Å². The maximum Gasteiger partial charge on any atom is 0.417 e. The van der Waals surface area contributed by atoms with E-state index in [-0.39, 0.29) is 16.6 Å². The predicted octanol–water partition coefficient (Wildman–Crippen LogP) is 2.56. The molecule has 20 heavy (non-hydrogen) atoms. The number of halogens is 3. The lowest BCUT2D eigenvalue weighted by Crippen LogP contribution is -2.43. The van der Waals surface area contributed by atoms with E-state index >= 15 is 0 Å². The van der Waals surface area contributed by atoms with Gasteiger partial charge in [-0.05, 0) is 25.1 Å². The Kier molecular flexibility index (Phi) is 4.19. The van der Waals surface area contributed by atoms with E-state index in [1.807, 2.05) is 11.8 Å². The Morgan fingerprint density at radius 3 is 2.70 bits per heavy atom. The molecule has 1 aliphatic heterocycles. The zero-order valence-electron chi connectivity index (χ0n) is 10.9. The van der Waals surface area contributed by atoms with Crippen LogP contribution in [0.4, 0.5) is 18.9 Å². The third-order valence-corrected chi connectivity index (χ3v) is 3.49. The van der Waals surface area contributed by atoms with Crippen LogP contribution < -0.4 is 10.6 Å². The van der Waals surface area contributed by atoms with Crippen LogP contribution in [-0.2, 0) is 10.9 Å². The summed E-state index contributed by atoms with van der Waals surface area (Å²) in [7, 11) is 0. The zero-order chi connectivity index (χ0) is 14.9. The highest BCUT2D eigenvalue weighted by molar-refractivity contribution is 7.80. The van der Waals surface area contributed by atoms with Crippen molar-refractivity contribution in [1.29, 1.82) is 0 Å². The smallest absolute Gasteiger partial charge is 0.389 e. The predicted molar refractivity (Wildman–Crippen MR) is 75.0 cm³/mol. The number of thiocarbonyl (C=S) groups is 1. The maximum atomic E-state index is 13.1. The molecule has 0 bridgehead atoms. The minimum Gasteiger partial charge on any atom is -0.389 e. The van der Waals surface area contributed by atoms with Gasteiger partial charge in [-0.2, -0.15) is 13.2 Å². The molecule has 1 aromatic rings. The first-order valence-electron chi connectivity index (χ1n) is 6.16. The fraction of sp³-hybridized carbons (Fsp3) is 0.462. The summed E-state index contributed by atoms with van der Waals surface area (Å²) < 4.78 is 44.6. The molecule has 1 aliphatic rings. The summed E-state index contributed by atoms with van der Waals surface area (Å²) in [5.41, 5.74) is 4.94. The number of hydrogen-bond acceptors (Lipinski definition) is 3. The van der Waals surface area contributed by atoms with Gasteiger partial charge in [0.25, 0.3) is 0 Å². The van der Waals surface area contributed by atoms with Crippen LogP contribution in [0.3, 0.4) is 0 Å². The Balaban J connectivity index is 2.44. The number of nitrogens with zero attached hydrogens (tertiary/aromatic N) is 1. The second kappa shape index (κ2) is 5.57. The van der Waals surface area contributed by atoms with Gasteiger partial charge < -0.3 is 15.4 Å². The number of rotatable bonds is 2. The first-order chi connectivity index (χ1) is 9.30. The Bertz CT molecular complexity index is 519. The van der Waals surface area contributed by atoms with Crippen LogP contribution in [0.1, 0.15) is 18.1 Å². The standard InChI is InChI=1S/C13H15F3N2OS/c1-8-7-19-5-4-18(8)9-2-3-10(12(17)20)11(6-9)13(14,15)16/h2-3,6,8H,4-5,7H2,1H3,(H2,17,20). The van der Waals surface area contributed by atoms with Crippen molar-refractivity contribution < 1.29 is 17.9 Å². The molecule has 0 spiro atoms. The van der Waals surface area contributed by atoms with Crippen LogP contribution in [0.5, 0.6) is 0 Å². The molecule has 2 N–H and O–H groups in total. The lowest BCUT2D eigenvalue weighted by atomic mass is 10.0. The van der Waals surface area contributed by atoms with E-state index in [2.05, 4.69) is 12.2 Å². The Morgan fingerprint density at radius 1 is 1.45 bits per heavy atom. The summed E-state index contributed by atoms with van der Waals surface area (Å²) in [5, 5.41) is 0. The van der Waals surface area contributed by atoms with Crippen molar-refractivity contribution in [3.63, 3.8) is 0 Å². The molecule has 0 saturated carbocycles. The first kappa shape index (κ1) is 15.1. The summed E-state index contributed by atoms with van der Waals surface area (Å²) >= 11 is 4.69. The number of ether oxygens (including phenoxy) is 1. The molecule has 1 atom stereocenters. The average molecular weight is 304 g/mol. The number of anilines is 1. The van der Waals surface area contributed by atoms with Crippen molar-refractivity contribution in [2.45, 2.75) is 19.1 Å². The Hall–Kier alpha value is -1.34. The van der Waals surface area contributed by atoms with Gasteiger partial charge in [0.2, 0.25) is 0 Å². The first-order valence-corrected chi connectivity index (χ1v) is 6.57. The number of benzene rings is 1. The minimum absolute atomic E-state index is 0.0283. The highest BCUT2D eigenvalue weighted by Gasteiger charge is 2.35. The lowest BCUT2D eigenvalue weighted by Gasteiger charge is -2.35. The number of hydrogen-bond donors (Lipinski definition) is 1. The van der Waals surface area contributed by atoms with E-state index in [1.54, 1.807) is 6.07 Å². The SMILES string of the molecule is CC1COCCN1c1ccc(C(N)=S)c(C(F)(F)F)c1. The fourth-order valence-electron chi connectivity index (χ4n) is 2.27. The quantitative estimate of drug-likeness (QED) is 0.852. The normalized spacial score (nSPS) is 20.0. The van der Waals surface area contributed by atoms with Gasteiger partial charge in [0, 0.05) is 23.8 Å². The van der Waals surface area contributed by atoms with Crippen molar-refractivity contribution in [2.75, 3.05) is 24.7 Å². The van der Waals surface area contributed by atoms with E-state index in [1.165, 1.54) is 6.07 Å². The molecular weight excluding hydrogens is 289 g/mol. The second-order valence-corrected chi connectivity index (χ2v) is 5.15. The van der Waals surface area contributed by atoms with Gasteiger partial charge in [-0.3, -0.25) is 0 Å². The minimum atomic E-state index is -4.48. The summed E-state index contributed by atoms with van der Waals surface area (Å²) in [6, 6.07) is 4.09. The van der Waals surface area contributed by atoms with E-state index in [0.29, 0.717) is 25.4 Å². The average Bonchev–Trinajstić information content (AvgIpc) is 2.37. The van der Waals surface area contributed by atoms with Crippen LogP contribution in [0, 0.1) is 0 Å². The fourth-order valence-corrected chi connectivity index (χ4v) is 2.45. The van der Waals surface area contributed by atoms with Crippen LogP contribution in [-0.4, -0.2) is 30.8 Å². The molecule has 7 heteroatoms. The van der Waals surface area contributed by atoms with Crippen molar-refractivity contribution in [2.24, 2.45) is 5.73 Å². The van der Waals surface area contributed by atoms with E-state index in [9.17, 15) is 13.2 Å². The van der Waals surface area contributed by atoms with Gasteiger partial charge in [0.05, 0.1) is 18.8 Å². The van der Waals surface area contributed by atoms with E-state index in [0.717, 1.165) is 6.07 Å². The van der Waals surface area contributed by atoms with Crippen molar-refractivity contribution in [3.8, 4) is 0 Å². The highest BCUT2D eigenvalue weighted by atomic mass is 32.1. The third kappa shape index (κ3) is 3.04. The summed E-state index contributed by atoms with van der Waals surface area (Å²) in [6.45, 7) is 3.47. The molecule has 1 aromatic carbocycles. The summed E-state index contributed by atoms with van der Waals surface area (Å²) in [4.78, 5) is 1.64. The Labute approximate surface area is 120 Å². The lowest BCUT2D eigenvalue weighted by molar-refractivity contribution is -0.137. The Morgan fingerprint density at radius 2 is 2.15 bits per heavy atom. The second-order valence-electron chi connectivity index (χ2n) is 4.71. The highest BCUT2D eigenvalue weighted by Crippen LogP contribution is 2.35.